The topological polar surface area (TPSA) is 47.6 Å². The van der Waals surface area contributed by atoms with E-state index < -0.39 is 11.7 Å². The molecule has 0 saturated heterocycles. The van der Waals surface area contributed by atoms with Crippen molar-refractivity contribution in [1.29, 1.82) is 0 Å². The Morgan fingerprint density at radius 1 is 1.47 bits per heavy atom. The van der Waals surface area contributed by atoms with Gasteiger partial charge in [-0.25, -0.2) is 4.79 Å². The van der Waals surface area contributed by atoms with Crippen LogP contribution in [0.3, 0.4) is 0 Å². The van der Waals surface area contributed by atoms with Crippen molar-refractivity contribution in [1.82, 2.24) is 5.32 Å². The normalized spacial score (nSPS) is 14.1. The Kier molecular flexibility index (Phi) is 6.58. The molecule has 0 fully saturated rings. The smallest absolute Gasteiger partial charge is 0.408 e. The molecule has 17 heavy (non-hydrogen) atoms. The number of hydrogen-bond acceptors (Lipinski definition) is 3. The predicted molar refractivity (Wildman–Crippen MR) is 69.0 cm³/mol. The van der Waals surface area contributed by atoms with Crippen LogP contribution in [-0.4, -0.2) is 31.5 Å². The van der Waals surface area contributed by atoms with E-state index in [4.69, 9.17) is 9.47 Å². The molecule has 1 amide bonds. The van der Waals surface area contributed by atoms with Crippen molar-refractivity contribution in [3.8, 4) is 0 Å². The lowest BCUT2D eigenvalue weighted by Crippen LogP contribution is -2.42. The summed E-state index contributed by atoms with van der Waals surface area (Å²) in [6.45, 7) is 11.4. The highest BCUT2D eigenvalue weighted by molar-refractivity contribution is 5.68. The van der Waals surface area contributed by atoms with Gasteiger partial charge in [0.15, 0.2) is 0 Å². The minimum Gasteiger partial charge on any atom is -0.444 e. The van der Waals surface area contributed by atoms with Crippen molar-refractivity contribution >= 4 is 6.09 Å². The van der Waals surface area contributed by atoms with Crippen molar-refractivity contribution in [2.75, 3.05) is 13.7 Å². The Balaban J connectivity index is 4.50. The van der Waals surface area contributed by atoms with E-state index in [2.05, 4.69) is 11.9 Å². The van der Waals surface area contributed by atoms with E-state index >= 15 is 0 Å². The maximum absolute atomic E-state index is 11.6. The summed E-state index contributed by atoms with van der Waals surface area (Å²) < 4.78 is 10.2. The van der Waals surface area contributed by atoms with Crippen LogP contribution in [0, 0.1) is 0 Å². The van der Waals surface area contributed by atoms with Gasteiger partial charge in [0.05, 0.1) is 12.6 Å². The molecule has 0 spiro atoms. The summed E-state index contributed by atoms with van der Waals surface area (Å²) in [5, 5.41) is 2.76. The second-order valence-electron chi connectivity index (χ2n) is 4.80. The van der Waals surface area contributed by atoms with Crippen molar-refractivity contribution in [2.45, 2.75) is 39.3 Å². The van der Waals surface area contributed by atoms with Crippen molar-refractivity contribution < 1.29 is 14.3 Å². The summed E-state index contributed by atoms with van der Waals surface area (Å²) in [6.07, 6.45) is 3.06. The first-order valence-corrected chi connectivity index (χ1v) is 5.58. The first-order chi connectivity index (χ1) is 7.80. The van der Waals surface area contributed by atoms with Gasteiger partial charge in [0.2, 0.25) is 0 Å². The average molecular weight is 241 g/mol. The summed E-state index contributed by atoms with van der Waals surface area (Å²) in [5.74, 6) is 0. The van der Waals surface area contributed by atoms with Gasteiger partial charge in [-0.05, 0) is 33.3 Å². The zero-order chi connectivity index (χ0) is 13.5. The monoisotopic (exact) mass is 241 g/mol. The van der Waals surface area contributed by atoms with Gasteiger partial charge in [-0.15, -0.1) is 0 Å². The largest absolute Gasteiger partial charge is 0.444 e. The molecule has 0 radical (unpaired) electrons. The Morgan fingerprint density at radius 2 is 2.06 bits per heavy atom. The standard InChI is InChI=1S/C13H23NO3/c1-7-8-10(2)11(9-16-6)14-12(15)17-13(3,4)5/h7-8,11H,1,9H2,2-6H3,(H,14,15)/b10-8+. The highest BCUT2D eigenvalue weighted by Gasteiger charge is 2.20. The minimum atomic E-state index is -0.502. The first-order valence-electron chi connectivity index (χ1n) is 5.58. The zero-order valence-corrected chi connectivity index (χ0v) is 11.4. The van der Waals surface area contributed by atoms with E-state index in [1.54, 1.807) is 13.2 Å². The van der Waals surface area contributed by atoms with Crippen molar-refractivity contribution in [3.05, 3.63) is 24.3 Å². The molecule has 1 unspecified atom stereocenters. The number of methoxy groups -OCH3 is 1. The van der Waals surface area contributed by atoms with Gasteiger partial charge >= 0.3 is 6.09 Å². The third kappa shape index (κ3) is 7.58. The molecule has 1 atom stereocenters. The molecule has 0 aromatic carbocycles. The molecule has 0 aromatic rings. The number of carbonyl (C=O) groups is 1. The number of hydrogen-bond donors (Lipinski definition) is 1. The summed E-state index contributed by atoms with van der Waals surface area (Å²) >= 11 is 0. The number of carbonyl (C=O) groups excluding carboxylic acids is 1. The Labute approximate surface area is 104 Å². The maximum atomic E-state index is 11.6. The fourth-order valence-electron chi connectivity index (χ4n) is 1.21. The van der Waals surface area contributed by atoms with Gasteiger partial charge < -0.3 is 14.8 Å². The molecule has 0 aromatic heterocycles. The maximum Gasteiger partial charge on any atom is 0.408 e. The van der Waals surface area contributed by atoms with Gasteiger partial charge in [-0.1, -0.05) is 18.7 Å². The molecule has 4 heteroatoms. The molecule has 0 bridgehead atoms. The second-order valence-corrected chi connectivity index (χ2v) is 4.80. The average Bonchev–Trinajstić information content (AvgIpc) is 2.14. The quantitative estimate of drug-likeness (QED) is 0.753. The number of amides is 1. The molecule has 0 aliphatic carbocycles. The van der Waals surface area contributed by atoms with Gasteiger partial charge in [0.1, 0.15) is 5.60 Å². The van der Waals surface area contributed by atoms with Crippen LogP contribution in [0.2, 0.25) is 0 Å². The predicted octanol–water partition coefficient (Wildman–Crippen LogP) is 2.66. The van der Waals surface area contributed by atoms with Crippen LogP contribution in [-0.2, 0) is 9.47 Å². The van der Waals surface area contributed by atoms with E-state index in [1.807, 2.05) is 33.8 Å². The lowest BCUT2D eigenvalue weighted by Gasteiger charge is -2.23. The van der Waals surface area contributed by atoms with E-state index in [1.165, 1.54) is 0 Å². The molecule has 0 heterocycles. The molecule has 4 nitrogen and oxygen atoms in total. The highest BCUT2D eigenvalue weighted by atomic mass is 16.6. The fraction of sp³-hybridized carbons (Fsp3) is 0.615. The Bertz CT molecular complexity index is 290. The molecule has 0 saturated carbocycles. The summed E-state index contributed by atoms with van der Waals surface area (Å²) in [4.78, 5) is 11.6. The van der Waals surface area contributed by atoms with Crippen LogP contribution in [0.25, 0.3) is 0 Å². The SMILES string of the molecule is C=C/C=C(\C)C(COC)NC(=O)OC(C)(C)C. The minimum absolute atomic E-state index is 0.201. The highest BCUT2D eigenvalue weighted by Crippen LogP contribution is 2.08. The van der Waals surface area contributed by atoms with E-state index in [0.717, 1.165) is 5.57 Å². The van der Waals surface area contributed by atoms with Gasteiger partial charge in [-0.3, -0.25) is 0 Å². The van der Waals surface area contributed by atoms with Gasteiger partial charge in [0, 0.05) is 7.11 Å². The third-order valence-electron chi connectivity index (χ3n) is 1.95. The zero-order valence-electron chi connectivity index (χ0n) is 11.4. The first kappa shape index (κ1) is 15.7. The Morgan fingerprint density at radius 3 is 2.47 bits per heavy atom. The van der Waals surface area contributed by atoms with Crippen molar-refractivity contribution in [3.63, 3.8) is 0 Å². The lowest BCUT2D eigenvalue weighted by molar-refractivity contribution is 0.0483. The molecule has 98 valence electrons. The second kappa shape index (κ2) is 7.12. The number of nitrogens with one attached hydrogen (secondary N) is 1. The summed E-state index contributed by atoms with van der Waals surface area (Å²) in [7, 11) is 1.59. The lowest BCUT2D eigenvalue weighted by atomic mass is 10.1. The van der Waals surface area contributed by atoms with E-state index in [9.17, 15) is 4.79 Å². The molecule has 0 rings (SSSR count). The number of allylic oxidation sites excluding steroid dienone is 2. The van der Waals surface area contributed by atoms with Crippen LogP contribution in [0.4, 0.5) is 4.79 Å². The van der Waals surface area contributed by atoms with Crippen LogP contribution < -0.4 is 5.32 Å². The third-order valence-corrected chi connectivity index (χ3v) is 1.95. The number of alkyl carbamates (subject to hydrolysis) is 1. The van der Waals surface area contributed by atoms with Crippen molar-refractivity contribution in [2.24, 2.45) is 0 Å². The summed E-state index contributed by atoms with van der Waals surface area (Å²) in [5.41, 5.74) is 0.463. The molecular formula is C13H23NO3. The molecule has 0 aliphatic heterocycles. The number of ether oxygens (including phenoxy) is 2. The molecule has 0 aliphatic rings. The number of rotatable bonds is 5. The van der Waals surface area contributed by atoms with Gasteiger partial charge in [-0.2, -0.15) is 0 Å². The van der Waals surface area contributed by atoms with Gasteiger partial charge in [0.25, 0.3) is 0 Å². The van der Waals surface area contributed by atoms with Crippen LogP contribution in [0.15, 0.2) is 24.3 Å². The Hall–Kier alpha value is -1.29. The van der Waals surface area contributed by atoms with Crippen LogP contribution in [0.5, 0.6) is 0 Å². The molecule has 1 N–H and O–H groups in total. The summed E-state index contributed by atoms with van der Waals surface area (Å²) in [6, 6.07) is -0.201. The van der Waals surface area contributed by atoms with E-state index in [-0.39, 0.29) is 6.04 Å². The van der Waals surface area contributed by atoms with Crippen LogP contribution >= 0.6 is 0 Å². The fourth-order valence-corrected chi connectivity index (χ4v) is 1.21. The van der Waals surface area contributed by atoms with Crippen LogP contribution in [0.1, 0.15) is 27.7 Å². The molecular weight excluding hydrogens is 218 g/mol. The van der Waals surface area contributed by atoms with E-state index in [0.29, 0.717) is 6.61 Å².